The van der Waals surface area contributed by atoms with E-state index in [-0.39, 0.29) is 0 Å². The van der Waals surface area contributed by atoms with Gasteiger partial charge in [0.05, 0.1) is 6.10 Å². The van der Waals surface area contributed by atoms with E-state index in [4.69, 9.17) is 5.11 Å². The number of hydrogen-bond donors (Lipinski definition) is 1. The molecular weight excluding hydrogens is 651 g/mol. The molecule has 0 heterocycles. The zero-order chi connectivity index (χ0) is 33.9. The highest BCUT2D eigenvalue weighted by atomic mass is 19.4. The number of esters is 1. The first-order valence-corrected chi connectivity index (χ1v) is 9.45. The molecule has 41 heavy (non-hydrogen) atoms. The number of hydrogen-bond acceptors (Lipinski definition) is 3. The smallest absolute Gasteiger partial charge is 0.460 e. The van der Waals surface area contributed by atoms with E-state index < -0.39 is 90.2 Å². The molecule has 244 valence electrons. The Hall–Kier alpha value is -2.30. The Kier molecular flexibility index (Phi) is 9.87. The third-order valence-corrected chi connectivity index (χ3v) is 4.82. The van der Waals surface area contributed by atoms with E-state index in [1.54, 1.807) is 0 Å². The van der Waals surface area contributed by atoms with Crippen molar-refractivity contribution in [3.05, 3.63) is 12.2 Å². The van der Waals surface area contributed by atoms with Gasteiger partial charge < -0.3 is 9.84 Å². The van der Waals surface area contributed by atoms with Gasteiger partial charge in [0.25, 0.3) is 0 Å². The monoisotopic (exact) mass is 662 g/mol. The fraction of sp³-hybridized carbons (Fsp3) is 0.824. The molecule has 0 aromatic heterocycles. The molecule has 1 unspecified atom stereocenters. The lowest BCUT2D eigenvalue weighted by atomic mass is 9.85. The van der Waals surface area contributed by atoms with Crippen molar-refractivity contribution >= 4 is 5.97 Å². The number of carbonyl (C=O) groups is 1. The first-order chi connectivity index (χ1) is 17.5. The summed E-state index contributed by atoms with van der Waals surface area (Å²) in [7, 11) is 0. The molecule has 1 N–H and O–H groups in total. The summed E-state index contributed by atoms with van der Waals surface area (Å²) in [5.41, 5.74) is -0.584. The van der Waals surface area contributed by atoms with Gasteiger partial charge in [-0.3, -0.25) is 0 Å². The molecule has 0 saturated carbocycles. The molecule has 1 atom stereocenters. The predicted octanol–water partition coefficient (Wildman–Crippen LogP) is 7.14. The van der Waals surface area contributed by atoms with Crippen molar-refractivity contribution in [1.29, 1.82) is 0 Å². The Morgan fingerprint density at radius 2 is 0.854 bits per heavy atom. The van der Waals surface area contributed by atoms with E-state index in [0.29, 0.717) is 0 Å². The van der Waals surface area contributed by atoms with Crippen molar-refractivity contribution in [2.45, 2.75) is 78.9 Å². The van der Waals surface area contributed by atoms with Crippen molar-refractivity contribution in [1.82, 2.24) is 0 Å². The third-order valence-electron chi connectivity index (χ3n) is 4.82. The SMILES string of the molecule is C=C(C)C(=O)OCC(O)CC(F)(F)C(F)(F)C(F)(F)C(F)(F)C(F)(F)C(F)(F)C(F)(F)C(F)(F)C(F)(F)C(F)(F)F. The number of ether oxygens (including phenoxy) is 1. The highest BCUT2D eigenvalue weighted by Gasteiger charge is 2.97. The first kappa shape index (κ1) is 38.7. The molecule has 0 aromatic rings. The topological polar surface area (TPSA) is 46.5 Å². The number of alkyl halides is 21. The first-order valence-electron chi connectivity index (χ1n) is 9.45. The Morgan fingerprint density at radius 1 is 0.585 bits per heavy atom. The summed E-state index contributed by atoms with van der Waals surface area (Å²) in [6.07, 6.45) is -14.6. The standard InChI is InChI=1S/C17H11F21O3/c1-5(2)7(40)41-4-6(39)3-8(18,19)9(20,21)10(22,23)11(24,25)12(26,27)13(28,29)14(30,31)15(32,33)16(34,35)17(36,37)38/h6,39H,1,3-4H2,2H3. The van der Waals surface area contributed by atoms with Crippen molar-refractivity contribution in [2.24, 2.45) is 0 Å². The van der Waals surface area contributed by atoms with Crippen LogP contribution in [-0.4, -0.2) is 83.3 Å². The number of aliphatic hydroxyl groups excluding tert-OH is 1. The van der Waals surface area contributed by atoms with Gasteiger partial charge in [-0.2, -0.15) is 92.2 Å². The summed E-state index contributed by atoms with van der Waals surface area (Å²) in [5, 5.41) is 9.11. The lowest BCUT2D eigenvalue weighted by molar-refractivity contribution is -0.474. The molecule has 24 heteroatoms. The van der Waals surface area contributed by atoms with Crippen LogP contribution in [0.4, 0.5) is 92.2 Å². The number of aliphatic hydroxyl groups is 1. The maximum absolute atomic E-state index is 13.8. The van der Waals surface area contributed by atoms with Crippen LogP contribution >= 0.6 is 0 Å². The zero-order valence-electron chi connectivity index (χ0n) is 18.9. The lowest BCUT2D eigenvalue weighted by Crippen LogP contribution is -2.76. The average molecular weight is 662 g/mol. The molecule has 0 aliphatic rings. The molecule has 0 saturated heterocycles. The Morgan fingerprint density at radius 3 is 1.12 bits per heavy atom. The van der Waals surface area contributed by atoms with Gasteiger partial charge >= 0.3 is 65.4 Å². The molecule has 3 nitrogen and oxygen atoms in total. The van der Waals surface area contributed by atoms with Crippen LogP contribution in [0.2, 0.25) is 0 Å². The second kappa shape index (κ2) is 10.5. The highest BCUT2D eigenvalue weighted by molar-refractivity contribution is 5.86. The minimum absolute atomic E-state index is 0.584. The van der Waals surface area contributed by atoms with Gasteiger partial charge in [-0.15, -0.1) is 0 Å². The molecule has 0 bridgehead atoms. The van der Waals surface area contributed by atoms with Gasteiger partial charge in [-0.25, -0.2) is 4.79 Å². The Bertz CT molecular complexity index is 980. The van der Waals surface area contributed by atoms with Gasteiger partial charge in [0.15, 0.2) is 0 Å². The summed E-state index contributed by atoms with van der Waals surface area (Å²) >= 11 is 0. The minimum atomic E-state index is -9.26. The fourth-order valence-electron chi connectivity index (χ4n) is 2.37. The van der Waals surface area contributed by atoms with Gasteiger partial charge in [0.2, 0.25) is 0 Å². The maximum atomic E-state index is 13.8. The number of carbonyl (C=O) groups excluding carboxylic acids is 1. The van der Waals surface area contributed by atoms with Crippen LogP contribution in [0.3, 0.4) is 0 Å². The Labute approximate surface area is 211 Å². The summed E-state index contributed by atoms with van der Waals surface area (Å²) in [6, 6.07) is 0. The van der Waals surface area contributed by atoms with Crippen LogP contribution in [0.15, 0.2) is 12.2 Å². The van der Waals surface area contributed by atoms with E-state index in [2.05, 4.69) is 11.3 Å². The summed E-state index contributed by atoms with van der Waals surface area (Å²) in [4.78, 5) is 11.0. The second-order valence-corrected chi connectivity index (χ2v) is 8.03. The number of rotatable bonds is 13. The molecule has 0 aromatic carbocycles. The van der Waals surface area contributed by atoms with E-state index in [1.807, 2.05) is 0 Å². The van der Waals surface area contributed by atoms with Crippen LogP contribution < -0.4 is 0 Å². The predicted molar refractivity (Wildman–Crippen MR) is 87.0 cm³/mol. The summed E-state index contributed by atoms with van der Waals surface area (Å²) in [6.45, 7) is 1.84. The van der Waals surface area contributed by atoms with E-state index in [1.165, 1.54) is 0 Å². The lowest BCUT2D eigenvalue weighted by Gasteiger charge is -2.44. The van der Waals surface area contributed by atoms with E-state index in [0.717, 1.165) is 6.92 Å². The molecule has 0 aliphatic heterocycles. The molecule has 0 spiro atoms. The quantitative estimate of drug-likeness (QED) is 0.130. The van der Waals surface area contributed by atoms with Gasteiger partial charge in [-0.1, -0.05) is 6.58 Å². The molecule has 0 rings (SSSR count). The normalized spacial score (nSPS) is 16.5. The molecule has 0 amide bonds. The fourth-order valence-corrected chi connectivity index (χ4v) is 2.37. The van der Waals surface area contributed by atoms with Crippen LogP contribution in [0.1, 0.15) is 13.3 Å². The maximum Gasteiger partial charge on any atom is 0.460 e. The van der Waals surface area contributed by atoms with Crippen LogP contribution in [-0.2, 0) is 9.53 Å². The molecule has 0 radical (unpaired) electrons. The van der Waals surface area contributed by atoms with Crippen molar-refractivity contribution in [3.8, 4) is 0 Å². The van der Waals surface area contributed by atoms with E-state index >= 15 is 0 Å². The van der Waals surface area contributed by atoms with Crippen molar-refractivity contribution in [3.63, 3.8) is 0 Å². The average Bonchev–Trinajstić information content (AvgIpc) is 2.74. The van der Waals surface area contributed by atoms with Crippen molar-refractivity contribution in [2.75, 3.05) is 6.61 Å². The van der Waals surface area contributed by atoms with Gasteiger partial charge in [0.1, 0.15) is 6.61 Å². The second-order valence-electron chi connectivity index (χ2n) is 8.03. The third kappa shape index (κ3) is 5.59. The molecular formula is C17H11F21O3. The summed E-state index contributed by atoms with van der Waals surface area (Å²) in [5.74, 6) is -79.7. The van der Waals surface area contributed by atoms with Crippen LogP contribution in [0.5, 0.6) is 0 Å². The number of halogens is 21. The molecule has 0 fully saturated rings. The largest absolute Gasteiger partial charge is 0.460 e. The van der Waals surface area contributed by atoms with Gasteiger partial charge in [-0.05, 0) is 6.92 Å². The summed E-state index contributed by atoms with van der Waals surface area (Å²) < 4.78 is 283. The van der Waals surface area contributed by atoms with Crippen LogP contribution in [0.25, 0.3) is 0 Å². The minimum Gasteiger partial charge on any atom is -0.460 e. The molecule has 0 aliphatic carbocycles. The highest BCUT2D eigenvalue weighted by Crippen LogP contribution is 2.66. The van der Waals surface area contributed by atoms with E-state index in [9.17, 15) is 97.0 Å². The Balaban J connectivity index is 6.76. The van der Waals surface area contributed by atoms with Crippen molar-refractivity contribution < 1.29 is 107 Å². The van der Waals surface area contributed by atoms with Crippen LogP contribution in [0, 0.1) is 0 Å². The zero-order valence-corrected chi connectivity index (χ0v) is 18.9. The van der Waals surface area contributed by atoms with Gasteiger partial charge in [0, 0.05) is 12.0 Å².